The van der Waals surface area contributed by atoms with Crippen LogP contribution in [0, 0.1) is 0 Å². The number of carbonyl (C=O) groups is 1. The van der Waals surface area contributed by atoms with Gasteiger partial charge in [0.2, 0.25) is 10.0 Å². The molecule has 8 heteroatoms. The summed E-state index contributed by atoms with van der Waals surface area (Å²) in [5, 5.41) is 6.35. The molecule has 0 radical (unpaired) electrons. The molecule has 182 valence electrons. The molecule has 4 rings (SSSR count). The van der Waals surface area contributed by atoms with Gasteiger partial charge in [-0.1, -0.05) is 48.5 Å². The predicted octanol–water partition coefficient (Wildman–Crippen LogP) is 4.34. The second kappa shape index (κ2) is 10.3. The van der Waals surface area contributed by atoms with E-state index in [1.165, 1.54) is 10.6 Å². The summed E-state index contributed by atoms with van der Waals surface area (Å²) in [6.07, 6.45) is 1.95. The van der Waals surface area contributed by atoms with E-state index in [0.717, 1.165) is 35.5 Å². The first-order chi connectivity index (χ1) is 16.7. The lowest BCUT2D eigenvalue weighted by Gasteiger charge is -2.23. The largest absolute Gasteiger partial charge is 0.354 e. The van der Waals surface area contributed by atoms with Gasteiger partial charge in [-0.15, -0.1) is 0 Å². The van der Waals surface area contributed by atoms with Crippen LogP contribution in [0.5, 0.6) is 0 Å². The molecule has 2 N–H and O–H groups in total. The van der Waals surface area contributed by atoms with Crippen LogP contribution in [0.4, 0.5) is 17.1 Å². The lowest BCUT2D eigenvalue weighted by Crippen LogP contribution is -2.32. The van der Waals surface area contributed by atoms with E-state index in [1.54, 1.807) is 12.1 Å². The predicted molar refractivity (Wildman–Crippen MR) is 144 cm³/mol. The van der Waals surface area contributed by atoms with E-state index in [4.69, 9.17) is 0 Å². The van der Waals surface area contributed by atoms with Crippen molar-refractivity contribution in [1.29, 1.82) is 0 Å². The number of para-hydroxylation sites is 1. The monoisotopic (exact) mass is 490 g/mol. The summed E-state index contributed by atoms with van der Waals surface area (Å²) >= 11 is 0. The Morgan fingerprint density at radius 3 is 2.20 bits per heavy atom. The van der Waals surface area contributed by atoms with Crippen molar-refractivity contribution in [2.45, 2.75) is 6.42 Å². The van der Waals surface area contributed by atoms with Gasteiger partial charge in [0.15, 0.2) is 0 Å². The third-order valence-electron chi connectivity index (χ3n) is 5.78. The maximum atomic E-state index is 13.0. The number of rotatable bonds is 9. The summed E-state index contributed by atoms with van der Waals surface area (Å²) in [6.45, 7) is 1.20. The number of fused-ring (bicyclic) bond motifs is 1. The van der Waals surface area contributed by atoms with Crippen molar-refractivity contribution >= 4 is 44.3 Å². The molecule has 1 heterocycles. The average molecular weight is 491 g/mol. The molecule has 0 saturated carbocycles. The van der Waals surface area contributed by atoms with Gasteiger partial charge in [-0.25, -0.2) is 8.42 Å². The van der Waals surface area contributed by atoms with Crippen LogP contribution in [0.25, 0.3) is 11.3 Å². The lowest BCUT2D eigenvalue weighted by atomic mass is 10.00. The van der Waals surface area contributed by atoms with Gasteiger partial charge in [0, 0.05) is 23.5 Å². The molecule has 1 aliphatic heterocycles. The zero-order valence-electron chi connectivity index (χ0n) is 20.2. The van der Waals surface area contributed by atoms with Crippen molar-refractivity contribution in [3.05, 3.63) is 90.0 Å². The number of nitrogens with zero attached hydrogens (tertiary/aromatic N) is 2. The van der Waals surface area contributed by atoms with Gasteiger partial charge in [-0.3, -0.25) is 9.10 Å². The van der Waals surface area contributed by atoms with Crippen LogP contribution < -0.4 is 14.9 Å². The molecule has 0 atom stereocenters. The number of carbonyl (C=O) groups excluding carboxylic acids is 1. The fourth-order valence-corrected chi connectivity index (χ4v) is 5.09. The first-order valence-corrected chi connectivity index (χ1v) is 13.3. The van der Waals surface area contributed by atoms with E-state index in [9.17, 15) is 13.2 Å². The van der Waals surface area contributed by atoms with E-state index in [-0.39, 0.29) is 5.91 Å². The van der Waals surface area contributed by atoms with Crippen LogP contribution in [0.3, 0.4) is 0 Å². The first kappa shape index (κ1) is 24.5. The molecule has 0 unspecified atom stereocenters. The van der Waals surface area contributed by atoms with Crippen molar-refractivity contribution in [2.24, 2.45) is 0 Å². The molecule has 0 saturated heterocycles. The van der Waals surface area contributed by atoms with Crippen molar-refractivity contribution < 1.29 is 13.2 Å². The second-order valence-electron chi connectivity index (χ2n) is 8.78. The lowest BCUT2D eigenvalue weighted by molar-refractivity contribution is -0.110. The van der Waals surface area contributed by atoms with Crippen molar-refractivity contribution in [3.63, 3.8) is 0 Å². The minimum atomic E-state index is -3.42. The Labute approximate surface area is 207 Å². The standard InChI is InChI=1S/C27H30N4O3S/c1-30(2)18-9-19-31(35(3,33)34)22-16-14-21(15-17-22)28-26(20-10-5-4-6-11-20)25-23-12-7-8-13-24(23)29-27(25)32/h4-8,10-17,28H,9,18-19H2,1-3H3,(H,29,32). The Bertz CT molecular complexity index is 1330. The fraction of sp³-hybridized carbons (Fsp3) is 0.222. The molecule has 3 aromatic carbocycles. The topological polar surface area (TPSA) is 81.8 Å². The zero-order valence-corrected chi connectivity index (χ0v) is 21.0. The summed E-state index contributed by atoms with van der Waals surface area (Å²) in [5.41, 5.74) is 5.10. The SMILES string of the molecule is CN(C)CCCN(c1ccc(NC(=C2C(=O)Nc3ccccc32)c2ccccc2)cc1)S(C)(=O)=O. The zero-order chi connectivity index (χ0) is 25.0. The third-order valence-corrected chi connectivity index (χ3v) is 6.97. The van der Waals surface area contributed by atoms with Gasteiger partial charge in [0.1, 0.15) is 0 Å². The third kappa shape index (κ3) is 5.72. The summed E-state index contributed by atoms with van der Waals surface area (Å²) in [5.74, 6) is -0.168. The number of sulfonamides is 1. The molecular weight excluding hydrogens is 460 g/mol. The molecule has 0 fully saturated rings. The molecule has 35 heavy (non-hydrogen) atoms. The molecule has 1 aliphatic rings. The maximum Gasteiger partial charge on any atom is 0.258 e. The summed E-state index contributed by atoms with van der Waals surface area (Å²) in [4.78, 5) is 15.0. The van der Waals surface area contributed by atoms with Crippen LogP contribution >= 0.6 is 0 Å². The Balaban J connectivity index is 1.67. The van der Waals surface area contributed by atoms with Crippen LogP contribution in [-0.4, -0.2) is 52.7 Å². The second-order valence-corrected chi connectivity index (χ2v) is 10.7. The Hall–Kier alpha value is -3.62. The molecule has 0 spiro atoms. The van der Waals surface area contributed by atoms with Gasteiger partial charge >= 0.3 is 0 Å². The van der Waals surface area contributed by atoms with Crippen molar-refractivity contribution in [2.75, 3.05) is 48.4 Å². The Morgan fingerprint density at radius 2 is 1.54 bits per heavy atom. The molecule has 3 aromatic rings. The van der Waals surface area contributed by atoms with Gasteiger partial charge in [0.25, 0.3) is 5.91 Å². The quantitative estimate of drug-likeness (QED) is 0.436. The average Bonchev–Trinajstić information content (AvgIpc) is 3.16. The van der Waals surface area contributed by atoms with Gasteiger partial charge in [0.05, 0.1) is 23.2 Å². The maximum absolute atomic E-state index is 13.0. The van der Waals surface area contributed by atoms with E-state index in [1.807, 2.05) is 85.7 Å². The normalized spacial score (nSPS) is 14.5. The highest BCUT2D eigenvalue weighted by molar-refractivity contribution is 7.92. The van der Waals surface area contributed by atoms with Crippen LogP contribution in [0.2, 0.25) is 0 Å². The number of hydrogen-bond donors (Lipinski definition) is 2. The molecular formula is C27H30N4O3S. The number of hydrogen-bond acceptors (Lipinski definition) is 5. The first-order valence-electron chi connectivity index (χ1n) is 11.4. The Morgan fingerprint density at radius 1 is 0.886 bits per heavy atom. The number of anilines is 3. The highest BCUT2D eigenvalue weighted by Gasteiger charge is 2.28. The van der Waals surface area contributed by atoms with Crippen LogP contribution in [0.15, 0.2) is 78.9 Å². The summed E-state index contributed by atoms with van der Waals surface area (Å²) in [6, 6.07) is 24.5. The molecule has 7 nitrogen and oxygen atoms in total. The van der Waals surface area contributed by atoms with Crippen LogP contribution in [0.1, 0.15) is 17.5 Å². The molecule has 1 amide bonds. The summed E-state index contributed by atoms with van der Waals surface area (Å²) in [7, 11) is 0.514. The van der Waals surface area contributed by atoms with Crippen LogP contribution in [-0.2, 0) is 14.8 Å². The van der Waals surface area contributed by atoms with E-state index in [2.05, 4.69) is 10.6 Å². The molecule has 0 aliphatic carbocycles. The van der Waals surface area contributed by atoms with Crippen molar-refractivity contribution in [1.82, 2.24) is 4.90 Å². The van der Waals surface area contributed by atoms with E-state index >= 15 is 0 Å². The summed E-state index contributed by atoms with van der Waals surface area (Å²) < 4.78 is 26.3. The van der Waals surface area contributed by atoms with Gasteiger partial charge in [-0.2, -0.15) is 0 Å². The Kier molecular flexibility index (Phi) is 7.23. The molecule has 0 bridgehead atoms. The molecule has 0 aromatic heterocycles. The smallest absolute Gasteiger partial charge is 0.258 e. The number of nitrogens with one attached hydrogen (secondary N) is 2. The highest BCUT2D eigenvalue weighted by Crippen LogP contribution is 2.37. The fourth-order valence-electron chi connectivity index (χ4n) is 4.12. The number of benzene rings is 3. The minimum Gasteiger partial charge on any atom is -0.354 e. The van der Waals surface area contributed by atoms with E-state index in [0.29, 0.717) is 23.5 Å². The highest BCUT2D eigenvalue weighted by atomic mass is 32.2. The van der Waals surface area contributed by atoms with Gasteiger partial charge < -0.3 is 15.5 Å². The van der Waals surface area contributed by atoms with E-state index < -0.39 is 10.0 Å². The van der Waals surface area contributed by atoms with Crippen molar-refractivity contribution in [3.8, 4) is 0 Å². The number of amides is 1. The minimum absolute atomic E-state index is 0.168. The van der Waals surface area contributed by atoms with Gasteiger partial charge in [-0.05, 0) is 63.0 Å².